The number of aliphatic hydroxyl groups is 1. The maximum Gasteiger partial charge on any atom is 0.178 e. The molecule has 0 amide bonds. The van der Waals surface area contributed by atoms with E-state index in [1.807, 2.05) is 0 Å². The van der Waals surface area contributed by atoms with Gasteiger partial charge in [-0.05, 0) is 24.6 Å². The van der Waals surface area contributed by atoms with Crippen LogP contribution in [0.4, 0.5) is 0 Å². The zero-order valence-corrected chi connectivity index (χ0v) is 10.2. The molecule has 2 atom stereocenters. The van der Waals surface area contributed by atoms with Gasteiger partial charge in [-0.3, -0.25) is 0 Å². The Labute approximate surface area is 96.0 Å². The molecule has 5 heteroatoms. The van der Waals surface area contributed by atoms with Crippen LogP contribution in [0.2, 0.25) is 0 Å². The number of rotatable bonds is 4. The molecule has 0 unspecified atom stereocenters. The van der Waals surface area contributed by atoms with Gasteiger partial charge in [0.25, 0.3) is 0 Å². The van der Waals surface area contributed by atoms with E-state index in [2.05, 4.69) is 0 Å². The largest absolute Gasteiger partial charge is 0.391 e. The van der Waals surface area contributed by atoms with Crippen molar-refractivity contribution in [1.29, 1.82) is 0 Å². The molecule has 0 saturated carbocycles. The van der Waals surface area contributed by atoms with Crippen molar-refractivity contribution >= 4 is 9.84 Å². The first-order valence-corrected chi connectivity index (χ1v) is 6.80. The molecule has 1 aromatic carbocycles. The van der Waals surface area contributed by atoms with E-state index < -0.39 is 22.0 Å². The highest BCUT2D eigenvalue weighted by Gasteiger charge is 2.14. The molecule has 1 rings (SSSR count). The minimum Gasteiger partial charge on any atom is -0.391 e. The van der Waals surface area contributed by atoms with Crippen molar-refractivity contribution in [2.24, 2.45) is 5.73 Å². The van der Waals surface area contributed by atoms with Gasteiger partial charge in [0.15, 0.2) is 9.84 Å². The molecule has 16 heavy (non-hydrogen) atoms. The van der Waals surface area contributed by atoms with E-state index in [0.29, 0.717) is 0 Å². The molecule has 0 saturated heterocycles. The lowest BCUT2D eigenvalue weighted by Gasteiger charge is -2.15. The number of hydrogen-bond donors (Lipinski definition) is 2. The van der Waals surface area contributed by atoms with Crippen molar-refractivity contribution in [3.05, 3.63) is 29.8 Å². The average molecular weight is 243 g/mol. The predicted octanol–water partition coefficient (Wildman–Crippen LogP) is 0.861. The number of nitrogens with two attached hydrogens (primary N) is 1. The first kappa shape index (κ1) is 13.2. The van der Waals surface area contributed by atoms with Gasteiger partial charge in [0.1, 0.15) is 0 Å². The summed E-state index contributed by atoms with van der Waals surface area (Å²) in [4.78, 5) is 0.288. The summed E-state index contributed by atoms with van der Waals surface area (Å²) in [5, 5.41) is 9.31. The zero-order chi connectivity index (χ0) is 12.3. The highest BCUT2D eigenvalue weighted by atomic mass is 32.2. The van der Waals surface area contributed by atoms with Gasteiger partial charge in [0, 0.05) is 0 Å². The Morgan fingerprint density at radius 2 is 1.81 bits per heavy atom. The van der Waals surface area contributed by atoms with Crippen molar-refractivity contribution in [1.82, 2.24) is 0 Å². The van der Waals surface area contributed by atoms with Gasteiger partial charge in [-0.25, -0.2) is 8.42 Å². The highest BCUT2D eigenvalue weighted by molar-refractivity contribution is 7.91. The van der Waals surface area contributed by atoms with Gasteiger partial charge in [-0.2, -0.15) is 0 Å². The number of benzene rings is 1. The second-order valence-electron chi connectivity index (χ2n) is 3.74. The van der Waals surface area contributed by atoms with Crippen LogP contribution in [0.25, 0.3) is 0 Å². The maximum atomic E-state index is 11.5. The molecule has 1 aromatic rings. The van der Waals surface area contributed by atoms with Crippen LogP contribution in [0.5, 0.6) is 0 Å². The predicted molar refractivity (Wildman–Crippen MR) is 62.8 cm³/mol. The molecule has 0 aliphatic carbocycles. The molecule has 0 aromatic heterocycles. The molecular weight excluding hydrogens is 226 g/mol. The van der Waals surface area contributed by atoms with Gasteiger partial charge in [0.2, 0.25) is 0 Å². The van der Waals surface area contributed by atoms with Crippen molar-refractivity contribution in [3.8, 4) is 0 Å². The Balaban J connectivity index is 3.01. The van der Waals surface area contributed by atoms with Gasteiger partial charge >= 0.3 is 0 Å². The summed E-state index contributed by atoms with van der Waals surface area (Å²) in [7, 11) is -3.16. The quantitative estimate of drug-likeness (QED) is 0.822. The fourth-order valence-corrected chi connectivity index (χ4v) is 2.23. The van der Waals surface area contributed by atoms with Crippen LogP contribution in [-0.4, -0.2) is 25.4 Å². The third kappa shape index (κ3) is 2.81. The Morgan fingerprint density at radius 1 is 1.31 bits per heavy atom. The fourth-order valence-electron chi connectivity index (χ4n) is 1.34. The van der Waals surface area contributed by atoms with E-state index in [1.165, 1.54) is 12.1 Å². The molecule has 0 heterocycles. The number of hydrogen-bond acceptors (Lipinski definition) is 4. The van der Waals surface area contributed by atoms with E-state index in [9.17, 15) is 13.5 Å². The topological polar surface area (TPSA) is 80.4 Å². The second-order valence-corrected chi connectivity index (χ2v) is 6.02. The Bertz CT molecular complexity index is 437. The second kappa shape index (κ2) is 4.95. The normalized spacial score (nSPS) is 15.8. The highest BCUT2D eigenvalue weighted by Crippen LogP contribution is 2.18. The number of aliphatic hydroxyl groups excluding tert-OH is 1. The average Bonchev–Trinajstić information content (AvgIpc) is 2.28. The van der Waals surface area contributed by atoms with Crippen LogP contribution >= 0.6 is 0 Å². The van der Waals surface area contributed by atoms with Crippen molar-refractivity contribution in [2.75, 3.05) is 5.75 Å². The summed E-state index contributed by atoms with van der Waals surface area (Å²) in [5.41, 5.74) is 6.46. The summed E-state index contributed by atoms with van der Waals surface area (Å²) in [6.07, 6.45) is -0.659. The molecule has 0 bridgehead atoms. The third-order valence-electron chi connectivity index (χ3n) is 2.52. The third-order valence-corrected chi connectivity index (χ3v) is 4.27. The summed E-state index contributed by atoms with van der Waals surface area (Å²) in [5.74, 6) is 0.0782. The molecule has 4 nitrogen and oxygen atoms in total. The van der Waals surface area contributed by atoms with Crippen molar-refractivity contribution in [2.45, 2.75) is 30.9 Å². The smallest absolute Gasteiger partial charge is 0.178 e. The van der Waals surface area contributed by atoms with E-state index in [1.54, 1.807) is 26.0 Å². The molecule has 90 valence electrons. The van der Waals surface area contributed by atoms with E-state index >= 15 is 0 Å². The van der Waals surface area contributed by atoms with Gasteiger partial charge in [-0.15, -0.1) is 0 Å². The summed E-state index contributed by atoms with van der Waals surface area (Å²) < 4.78 is 23.1. The minimum absolute atomic E-state index is 0.0782. The van der Waals surface area contributed by atoms with Crippen LogP contribution in [0.15, 0.2) is 29.2 Å². The molecule has 0 aliphatic heterocycles. The Hall–Kier alpha value is -0.910. The van der Waals surface area contributed by atoms with Gasteiger partial charge in [-0.1, -0.05) is 19.1 Å². The van der Waals surface area contributed by atoms with Crippen LogP contribution < -0.4 is 5.73 Å². The SMILES string of the molecule is CCS(=O)(=O)c1ccc([C@H](N)[C@H](C)O)cc1. The minimum atomic E-state index is -3.16. The van der Waals surface area contributed by atoms with Gasteiger partial charge in [0.05, 0.1) is 22.8 Å². The van der Waals surface area contributed by atoms with Crippen LogP contribution in [0, 0.1) is 0 Å². The van der Waals surface area contributed by atoms with Crippen molar-refractivity contribution in [3.63, 3.8) is 0 Å². The monoisotopic (exact) mass is 243 g/mol. The molecular formula is C11H17NO3S. The first-order valence-electron chi connectivity index (χ1n) is 5.15. The molecule has 0 radical (unpaired) electrons. The molecule has 0 spiro atoms. The maximum absolute atomic E-state index is 11.5. The van der Waals surface area contributed by atoms with Crippen molar-refractivity contribution < 1.29 is 13.5 Å². The zero-order valence-electron chi connectivity index (χ0n) is 9.42. The lowest BCUT2D eigenvalue weighted by molar-refractivity contribution is 0.164. The summed E-state index contributed by atoms with van der Waals surface area (Å²) in [6.45, 7) is 3.20. The Morgan fingerprint density at radius 3 is 2.19 bits per heavy atom. The fraction of sp³-hybridized carbons (Fsp3) is 0.455. The summed E-state index contributed by atoms with van der Waals surface area (Å²) >= 11 is 0. The first-order chi connectivity index (χ1) is 7.38. The van der Waals surface area contributed by atoms with Crippen LogP contribution in [0.3, 0.4) is 0 Å². The molecule has 0 aliphatic rings. The summed E-state index contributed by atoms with van der Waals surface area (Å²) in [6, 6.07) is 5.84. The standard InChI is InChI=1S/C11H17NO3S/c1-3-16(14,15)10-6-4-9(5-7-10)11(12)8(2)13/h4-8,11,13H,3,12H2,1-2H3/t8-,11+/m0/s1. The van der Waals surface area contributed by atoms with Crippen LogP contribution in [0.1, 0.15) is 25.5 Å². The van der Waals surface area contributed by atoms with Gasteiger partial charge < -0.3 is 10.8 Å². The molecule has 3 N–H and O–H groups in total. The number of sulfone groups is 1. The van der Waals surface area contributed by atoms with Crippen LogP contribution in [-0.2, 0) is 9.84 Å². The lowest BCUT2D eigenvalue weighted by Crippen LogP contribution is -2.23. The van der Waals surface area contributed by atoms with E-state index in [0.717, 1.165) is 5.56 Å². The lowest BCUT2D eigenvalue weighted by atomic mass is 10.0. The van der Waals surface area contributed by atoms with E-state index in [-0.39, 0.29) is 10.6 Å². The molecule has 0 fully saturated rings. The van der Waals surface area contributed by atoms with E-state index in [4.69, 9.17) is 5.73 Å². The Kier molecular flexibility index (Phi) is 4.07.